The summed E-state index contributed by atoms with van der Waals surface area (Å²) in [7, 11) is 1.73. The third kappa shape index (κ3) is 3.27. The summed E-state index contributed by atoms with van der Waals surface area (Å²) < 4.78 is 6.69. The Morgan fingerprint density at radius 3 is 3.00 bits per heavy atom. The van der Waals surface area contributed by atoms with Crippen LogP contribution in [0, 0.1) is 0 Å². The highest BCUT2D eigenvalue weighted by Gasteiger charge is 2.22. The average molecular weight is 345 g/mol. The third-order valence-corrected chi connectivity index (χ3v) is 4.35. The van der Waals surface area contributed by atoms with Gasteiger partial charge in [-0.2, -0.15) is 0 Å². The molecule has 24 heavy (non-hydrogen) atoms. The van der Waals surface area contributed by atoms with Gasteiger partial charge in [0.1, 0.15) is 5.75 Å². The first-order valence-corrected chi connectivity index (χ1v) is 8.47. The predicted molar refractivity (Wildman–Crippen MR) is 93.8 cm³/mol. The van der Waals surface area contributed by atoms with Gasteiger partial charge in [-0.3, -0.25) is 4.79 Å². The second-order valence-electron chi connectivity index (χ2n) is 5.79. The lowest BCUT2D eigenvalue weighted by atomic mass is 10.1. The van der Waals surface area contributed by atoms with Crippen LogP contribution in [0.2, 0.25) is 0 Å². The van der Waals surface area contributed by atoms with E-state index in [-0.39, 0.29) is 12.0 Å². The first-order chi connectivity index (χ1) is 11.5. The lowest BCUT2D eigenvalue weighted by Gasteiger charge is -2.27. The zero-order valence-corrected chi connectivity index (χ0v) is 14.5. The fraction of sp³-hybridized carbons (Fsp3) is 0.294. The van der Waals surface area contributed by atoms with Crippen molar-refractivity contribution in [1.29, 1.82) is 0 Å². The summed E-state index contributed by atoms with van der Waals surface area (Å²) >= 11 is 1.46. The van der Waals surface area contributed by atoms with Crippen LogP contribution in [0.15, 0.2) is 41.7 Å². The zero-order valence-electron chi connectivity index (χ0n) is 13.7. The SMILES string of the molecule is CC(C)Oc1cc2ncsc2cc1C(=O)NC1=CC=CN(C)C1O. The molecule has 1 aromatic carbocycles. The molecule has 0 aliphatic carbocycles. The van der Waals surface area contributed by atoms with Crippen molar-refractivity contribution in [2.24, 2.45) is 0 Å². The number of likely N-dealkylation sites (N-methyl/N-ethyl adjacent to an activating group) is 1. The highest BCUT2D eigenvalue weighted by Crippen LogP contribution is 2.29. The molecule has 126 valence electrons. The van der Waals surface area contributed by atoms with Crippen LogP contribution >= 0.6 is 11.3 Å². The molecule has 0 saturated heterocycles. The minimum absolute atomic E-state index is 0.0683. The lowest BCUT2D eigenvalue weighted by Crippen LogP contribution is -2.39. The van der Waals surface area contributed by atoms with Crippen molar-refractivity contribution in [3.8, 4) is 5.75 Å². The largest absolute Gasteiger partial charge is 0.490 e. The van der Waals surface area contributed by atoms with Gasteiger partial charge in [0.2, 0.25) is 0 Å². The average Bonchev–Trinajstić information content (AvgIpc) is 2.97. The topological polar surface area (TPSA) is 74.7 Å². The maximum atomic E-state index is 12.7. The van der Waals surface area contributed by atoms with Crippen LogP contribution in [0.3, 0.4) is 0 Å². The summed E-state index contributed by atoms with van der Waals surface area (Å²) in [6.45, 7) is 3.81. The molecule has 1 unspecified atom stereocenters. The molecule has 2 aromatic rings. The number of carbonyl (C=O) groups excluding carboxylic acids is 1. The highest BCUT2D eigenvalue weighted by molar-refractivity contribution is 7.16. The van der Waals surface area contributed by atoms with Crippen molar-refractivity contribution < 1.29 is 14.6 Å². The van der Waals surface area contributed by atoms with E-state index in [1.165, 1.54) is 11.3 Å². The minimum atomic E-state index is -0.888. The number of hydrogen-bond donors (Lipinski definition) is 2. The van der Waals surface area contributed by atoms with Crippen molar-refractivity contribution in [3.63, 3.8) is 0 Å². The number of aliphatic hydroxyl groups excluding tert-OH is 1. The number of aromatic nitrogens is 1. The molecule has 6 nitrogen and oxygen atoms in total. The Kier molecular flexibility index (Phi) is 4.55. The number of nitrogens with one attached hydrogen (secondary N) is 1. The molecule has 1 amide bonds. The van der Waals surface area contributed by atoms with Gasteiger partial charge in [-0.1, -0.05) is 0 Å². The standard InChI is InChI=1S/C17H19N3O3S/c1-10(2)23-14-8-13-15(24-9-18-13)7-11(14)16(21)19-12-5-4-6-20(3)17(12)22/h4-10,17,22H,1-3H3,(H,19,21). The molecule has 1 atom stereocenters. The summed E-state index contributed by atoms with van der Waals surface area (Å²) in [5.74, 6) is 0.158. The Balaban J connectivity index is 1.93. The van der Waals surface area contributed by atoms with Crippen LogP contribution in [0.1, 0.15) is 24.2 Å². The maximum Gasteiger partial charge on any atom is 0.259 e. The Morgan fingerprint density at radius 2 is 2.25 bits per heavy atom. The summed E-state index contributed by atoms with van der Waals surface area (Å²) in [6.07, 6.45) is 4.22. The van der Waals surface area contributed by atoms with Gasteiger partial charge in [0.25, 0.3) is 5.91 Å². The molecule has 0 radical (unpaired) electrons. The quantitative estimate of drug-likeness (QED) is 0.890. The summed E-state index contributed by atoms with van der Waals surface area (Å²) in [6, 6.07) is 3.55. The second kappa shape index (κ2) is 6.62. The normalized spacial score (nSPS) is 17.3. The van der Waals surface area contributed by atoms with E-state index in [0.29, 0.717) is 17.0 Å². The Hall–Kier alpha value is -2.38. The van der Waals surface area contributed by atoms with Crippen LogP contribution < -0.4 is 10.1 Å². The van der Waals surface area contributed by atoms with Gasteiger partial charge in [0, 0.05) is 19.3 Å². The van der Waals surface area contributed by atoms with E-state index in [4.69, 9.17) is 4.74 Å². The molecule has 0 spiro atoms. The molecular formula is C17H19N3O3S. The fourth-order valence-corrected chi connectivity index (χ4v) is 3.09. The number of thiazole rings is 1. The Labute approximate surface area is 144 Å². The van der Waals surface area contributed by atoms with Gasteiger partial charge >= 0.3 is 0 Å². The van der Waals surface area contributed by atoms with E-state index in [9.17, 15) is 9.90 Å². The molecule has 0 bridgehead atoms. The van der Waals surface area contributed by atoms with Gasteiger partial charge in [-0.25, -0.2) is 4.98 Å². The van der Waals surface area contributed by atoms with E-state index in [1.807, 2.05) is 13.8 Å². The summed E-state index contributed by atoms with van der Waals surface area (Å²) in [4.78, 5) is 18.6. The van der Waals surface area contributed by atoms with Crippen LogP contribution in [-0.2, 0) is 0 Å². The van der Waals surface area contributed by atoms with E-state index in [1.54, 1.807) is 47.9 Å². The summed E-state index contributed by atoms with van der Waals surface area (Å²) in [5.41, 5.74) is 3.38. The number of benzene rings is 1. The molecule has 3 rings (SSSR count). The number of allylic oxidation sites excluding steroid dienone is 2. The van der Waals surface area contributed by atoms with E-state index >= 15 is 0 Å². The van der Waals surface area contributed by atoms with E-state index < -0.39 is 6.23 Å². The molecular weight excluding hydrogens is 326 g/mol. The minimum Gasteiger partial charge on any atom is -0.490 e. The van der Waals surface area contributed by atoms with Gasteiger partial charge in [-0.05, 0) is 32.1 Å². The van der Waals surface area contributed by atoms with Crippen LogP contribution in [0.25, 0.3) is 10.2 Å². The molecule has 0 fully saturated rings. The van der Waals surface area contributed by atoms with Crippen molar-refractivity contribution in [2.75, 3.05) is 7.05 Å². The first kappa shape index (κ1) is 16.5. The smallest absolute Gasteiger partial charge is 0.259 e. The summed E-state index contributed by atoms with van der Waals surface area (Å²) in [5, 5.41) is 12.9. The van der Waals surface area contributed by atoms with Crippen molar-refractivity contribution in [2.45, 2.75) is 26.2 Å². The number of rotatable bonds is 4. The third-order valence-electron chi connectivity index (χ3n) is 3.56. The van der Waals surface area contributed by atoms with Gasteiger partial charge in [-0.15, -0.1) is 11.3 Å². The Morgan fingerprint density at radius 1 is 1.46 bits per heavy atom. The molecule has 7 heteroatoms. The maximum absolute atomic E-state index is 12.7. The van der Waals surface area contributed by atoms with Crippen LogP contribution in [0.5, 0.6) is 5.75 Å². The van der Waals surface area contributed by atoms with Gasteiger partial charge in [0.05, 0.1) is 33.1 Å². The number of nitrogens with zero attached hydrogens (tertiary/aromatic N) is 2. The number of amides is 1. The van der Waals surface area contributed by atoms with Gasteiger partial charge in [0.15, 0.2) is 6.23 Å². The number of hydrogen-bond acceptors (Lipinski definition) is 6. The molecule has 0 saturated carbocycles. The predicted octanol–water partition coefficient (Wildman–Crippen LogP) is 2.47. The number of ether oxygens (including phenoxy) is 1. The van der Waals surface area contributed by atoms with Crippen molar-refractivity contribution in [3.05, 3.63) is 47.3 Å². The lowest BCUT2D eigenvalue weighted by molar-refractivity contribution is 0.0727. The van der Waals surface area contributed by atoms with Gasteiger partial charge < -0.3 is 20.1 Å². The first-order valence-electron chi connectivity index (χ1n) is 7.59. The highest BCUT2D eigenvalue weighted by atomic mass is 32.1. The fourth-order valence-electron chi connectivity index (χ4n) is 2.39. The monoisotopic (exact) mass is 345 g/mol. The molecule has 1 aliphatic rings. The number of aliphatic hydroxyl groups is 1. The van der Waals surface area contributed by atoms with Crippen LogP contribution in [-0.4, -0.2) is 40.3 Å². The van der Waals surface area contributed by atoms with E-state index in [0.717, 1.165) is 10.2 Å². The number of carbonyl (C=O) groups is 1. The number of fused-ring (bicyclic) bond motifs is 1. The molecule has 2 N–H and O–H groups in total. The van der Waals surface area contributed by atoms with Crippen molar-refractivity contribution >= 4 is 27.5 Å². The van der Waals surface area contributed by atoms with E-state index in [2.05, 4.69) is 10.3 Å². The molecule has 1 aromatic heterocycles. The molecule has 2 heterocycles. The Bertz CT molecular complexity index is 826. The zero-order chi connectivity index (χ0) is 17.3. The molecule has 1 aliphatic heterocycles. The van der Waals surface area contributed by atoms with Crippen molar-refractivity contribution in [1.82, 2.24) is 15.2 Å². The second-order valence-corrected chi connectivity index (χ2v) is 6.68. The van der Waals surface area contributed by atoms with Crippen LogP contribution in [0.4, 0.5) is 0 Å².